The van der Waals surface area contributed by atoms with E-state index in [-0.39, 0.29) is 23.5 Å². The summed E-state index contributed by atoms with van der Waals surface area (Å²) in [5, 5.41) is 0.290. The number of carbonyl (C=O) groups is 2. The number of carbonyl (C=O) groups excluding carboxylic acids is 2. The van der Waals surface area contributed by atoms with Crippen LogP contribution >= 0.6 is 46.0 Å². The standard InChI is InChI=1S/C26H20ClFINO4S/c1-2-33-22-12-18(11-21(29)24(22)34-15-17-3-7-19(27)8-4-17)13-23-25(31)30(26(32)35-23)14-16-5-9-20(28)10-6-16/h3-13H,2,14-15H2,1H3/b23-13+. The molecular weight excluding hydrogens is 604 g/mol. The molecule has 0 N–H and O–H groups in total. The van der Waals surface area contributed by atoms with Gasteiger partial charge in [0.25, 0.3) is 11.1 Å². The normalized spacial score (nSPS) is 14.6. The lowest BCUT2D eigenvalue weighted by molar-refractivity contribution is -0.123. The predicted octanol–water partition coefficient (Wildman–Crippen LogP) is 7.30. The van der Waals surface area contributed by atoms with Crippen LogP contribution in [0.5, 0.6) is 11.5 Å². The third kappa shape index (κ3) is 6.36. The summed E-state index contributed by atoms with van der Waals surface area (Å²) >= 11 is 8.99. The molecule has 1 heterocycles. The van der Waals surface area contributed by atoms with E-state index in [9.17, 15) is 14.0 Å². The summed E-state index contributed by atoms with van der Waals surface area (Å²) in [5.74, 6) is 0.387. The molecule has 0 spiro atoms. The van der Waals surface area contributed by atoms with Gasteiger partial charge in [-0.15, -0.1) is 0 Å². The lowest BCUT2D eigenvalue weighted by Crippen LogP contribution is -2.27. The van der Waals surface area contributed by atoms with Crippen molar-refractivity contribution in [1.82, 2.24) is 4.90 Å². The van der Waals surface area contributed by atoms with E-state index in [0.717, 1.165) is 25.8 Å². The zero-order chi connectivity index (χ0) is 24.9. The molecular formula is C26H20ClFINO4S. The summed E-state index contributed by atoms with van der Waals surface area (Å²) in [6.07, 6.45) is 1.67. The molecule has 9 heteroatoms. The van der Waals surface area contributed by atoms with Gasteiger partial charge in [-0.05, 0) is 100 Å². The summed E-state index contributed by atoms with van der Waals surface area (Å²) in [5.41, 5.74) is 2.35. The Labute approximate surface area is 225 Å². The van der Waals surface area contributed by atoms with Crippen LogP contribution in [0.4, 0.5) is 9.18 Å². The van der Waals surface area contributed by atoms with Crippen LogP contribution in [-0.2, 0) is 17.9 Å². The number of rotatable bonds is 8. The molecule has 35 heavy (non-hydrogen) atoms. The van der Waals surface area contributed by atoms with Crippen molar-refractivity contribution < 1.29 is 23.5 Å². The van der Waals surface area contributed by atoms with E-state index in [2.05, 4.69) is 22.6 Å². The number of amides is 2. The minimum absolute atomic E-state index is 0.0848. The Morgan fingerprint density at radius 1 is 1.03 bits per heavy atom. The molecule has 0 aromatic heterocycles. The van der Waals surface area contributed by atoms with Crippen molar-refractivity contribution in [3.8, 4) is 11.5 Å². The van der Waals surface area contributed by atoms with Gasteiger partial charge in [0, 0.05) is 5.02 Å². The van der Waals surface area contributed by atoms with Crippen LogP contribution in [0, 0.1) is 9.39 Å². The average molecular weight is 624 g/mol. The van der Waals surface area contributed by atoms with Crippen LogP contribution in [0.2, 0.25) is 5.02 Å². The molecule has 0 aliphatic carbocycles. The number of hydrogen-bond acceptors (Lipinski definition) is 5. The van der Waals surface area contributed by atoms with E-state index >= 15 is 0 Å². The number of halogens is 3. The lowest BCUT2D eigenvalue weighted by atomic mass is 10.1. The SMILES string of the molecule is CCOc1cc(/C=C2/SC(=O)N(Cc3ccc(F)cc3)C2=O)cc(I)c1OCc1ccc(Cl)cc1. The fourth-order valence-corrected chi connectivity index (χ4v) is 5.12. The van der Waals surface area contributed by atoms with Gasteiger partial charge in [-0.25, -0.2) is 4.39 Å². The molecule has 5 nitrogen and oxygen atoms in total. The topological polar surface area (TPSA) is 55.8 Å². The first-order valence-corrected chi connectivity index (χ1v) is 12.9. The minimum Gasteiger partial charge on any atom is -0.490 e. The first-order valence-electron chi connectivity index (χ1n) is 10.7. The summed E-state index contributed by atoms with van der Waals surface area (Å²) in [6.45, 7) is 2.74. The number of ether oxygens (including phenoxy) is 2. The van der Waals surface area contributed by atoms with Crippen molar-refractivity contribution in [2.45, 2.75) is 20.1 Å². The summed E-state index contributed by atoms with van der Waals surface area (Å²) in [7, 11) is 0. The van der Waals surface area contributed by atoms with Gasteiger partial charge in [0.05, 0.1) is 21.6 Å². The molecule has 0 bridgehead atoms. The van der Waals surface area contributed by atoms with Gasteiger partial charge < -0.3 is 9.47 Å². The first-order chi connectivity index (χ1) is 16.8. The highest BCUT2D eigenvalue weighted by Crippen LogP contribution is 2.38. The van der Waals surface area contributed by atoms with Crippen LogP contribution in [0.1, 0.15) is 23.6 Å². The van der Waals surface area contributed by atoms with Crippen LogP contribution < -0.4 is 9.47 Å². The van der Waals surface area contributed by atoms with Crippen molar-refractivity contribution in [2.24, 2.45) is 0 Å². The Kier molecular flexibility index (Phi) is 8.35. The number of hydrogen-bond donors (Lipinski definition) is 0. The molecule has 0 radical (unpaired) electrons. The van der Waals surface area contributed by atoms with E-state index in [1.807, 2.05) is 25.1 Å². The fraction of sp³-hybridized carbons (Fsp3) is 0.154. The Bertz CT molecular complexity index is 1280. The molecule has 1 fully saturated rings. The first kappa shape index (κ1) is 25.5. The van der Waals surface area contributed by atoms with E-state index in [1.54, 1.807) is 36.4 Å². The van der Waals surface area contributed by atoms with Gasteiger partial charge in [-0.1, -0.05) is 35.9 Å². The highest BCUT2D eigenvalue weighted by atomic mass is 127. The third-order valence-corrected chi connectivity index (χ3v) is 7.01. The Morgan fingerprint density at radius 2 is 1.71 bits per heavy atom. The Hall–Kier alpha value is -2.56. The number of imide groups is 1. The fourth-order valence-electron chi connectivity index (χ4n) is 3.37. The molecule has 0 atom stereocenters. The minimum atomic E-state index is -0.389. The summed E-state index contributed by atoms with van der Waals surface area (Å²) < 4.78 is 25.8. The van der Waals surface area contributed by atoms with E-state index in [0.29, 0.717) is 45.8 Å². The largest absolute Gasteiger partial charge is 0.490 e. The highest BCUT2D eigenvalue weighted by molar-refractivity contribution is 14.1. The Morgan fingerprint density at radius 3 is 2.40 bits per heavy atom. The third-order valence-electron chi connectivity index (χ3n) is 5.05. The van der Waals surface area contributed by atoms with Gasteiger partial charge in [0.15, 0.2) is 11.5 Å². The maximum Gasteiger partial charge on any atom is 0.293 e. The number of nitrogens with zero attached hydrogens (tertiary/aromatic N) is 1. The molecule has 0 unspecified atom stereocenters. The van der Waals surface area contributed by atoms with Crippen molar-refractivity contribution in [3.05, 3.63) is 96.7 Å². The van der Waals surface area contributed by atoms with Gasteiger partial charge in [-0.3, -0.25) is 14.5 Å². The number of thioether (sulfide) groups is 1. The molecule has 2 amide bonds. The van der Waals surface area contributed by atoms with E-state index in [4.69, 9.17) is 21.1 Å². The molecule has 1 saturated heterocycles. The van der Waals surface area contributed by atoms with E-state index < -0.39 is 0 Å². The van der Waals surface area contributed by atoms with Crippen molar-refractivity contribution in [2.75, 3.05) is 6.61 Å². The van der Waals surface area contributed by atoms with Gasteiger partial charge >= 0.3 is 0 Å². The molecule has 3 aromatic rings. The lowest BCUT2D eigenvalue weighted by Gasteiger charge is -2.15. The summed E-state index contributed by atoms with van der Waals surface area (Å²) in [4.78, 5) is 26.9. The number of benzene rings is 3. The van der Waals surface area contributed by atoms with Crippen molar-refractivity contribution in [1.29, 1.82) is 0 Å². The second-order valence-electron chi connectivity index (χ2n) is 7.57. The quantitative estimate of drug-likeness (QED) is 0.195. The summed E-state index contributed by atoms with van der Waals surface area (Å²) in [6, 6.07) is 16.8. The van der Waals surface area contributed by atoms with Crippen LogP contribution in [0.15, 0.2) is 65.6 Å². The maximum absolute atomic E-state index is 13.2. The van der Waals surface area contributed by atoms with Crippen LogP contribution in [0.3, 0.4) is 0 Å². The molecule has 1 aliphatic heterocycles. The maximum atomic E-state index is 13.2. The molecule has 4 rings (SSSR count). The second kappa shape index (κ2) is 11.5. The van der Waals surface area contributed by atoms with E-state index in [1.165, 1.54) is 12.1 Å². The van der Waals surface area contributed by atoms with Gasteiger partial charge in [0.2, 0.25) is 0 Å². The highest BCUT2D eigenvalue weighted by Gasteiger charge is 2.35. The Balaban J connectivity index is 1.54. The molecule has 0 saturated carbocycles. The monoisotopic (exact) mass is 623 g/mol. The van der Waals surface area contributed by atoms with Gasteiger partial charge in [-0.2, -0.15) is 0 Å². The van der Waals surface area contributed by atoms with Crippen molar-refractivity contribution >= 4 is 63.2 Å². The molecule has 1 aliphatic rings. The average Bonchev–Trinajstić information content (AvgIpc) is 3.08. The molecule has 180 valence electrons. The zero-order valence-electron chi connectivity index (χ0n) is 18.6. The second-order valence-corrected chi connectivity index (χ2v) is 10.2. The molecule has 3 aromatic carbocycles. The smallest absolute Gasteiger partial charge is 0.293 e. The van der Waals surface area contributed by atoms with Crippen LogP contribution in [0.25, 0.3) is 6.08 Å². The van der Waals surface area contributed by atoms with Gasteiger partial charge in [0.1, 0.15) is 12.4 Å². The van der Waals surface area contributed by atoms with Crippen molar-refractivity contribution in [3.63, 3.8) is 0 Å². The zero-order valence-corrected chi connectivity index (χ0v) is 22.3. The van der Waals surface area contributed by atoms with Crippen LogP contribution in [-0.4, -0.2) is 22.7 Å². The predicted molar refractivity (Wildman–Crippen MR) is 144 cm³/mol.